The fourth-order valence-electron chi connectivity index (χ4n) is 1.22. The van der Waals surface area contributed by atoms with Crippen molar-refractivity contribution in [1.29, 1.82) is 0 Å². The highest BCUT2D eigenvalue weighted by atomic mass is 32.2. The third-order valence-corrected chi connectivity index (χ3v) is 3.22. The highest BCUT2D eigenvalue weighted by Crippen LogP contribution is 2.16. The van der Waals surface area contributed by atoms with E-state index < -0.39 is 27.4 Å². The lowest BCUT2D eigenvalue weighted by Gasteiger charge is -2.22. The molecule has 1 unspecified atom stereocenters. The molecule has 0 bridgehead atoms. The minimum Gasteiger partial charge on any atom is -0.458 e. The largest absolute Gasteiger partial charge is 0.458 e. The molecule has 0 aliphatic heterocycles. The molecular formula is C11H18N2O4S. The molecule has 0 radical (unpaired) electrons. The van der Waals surface area contributed by atoms with E-state index in [9.17, 15) is 13.2 Å². The van der Waals surface area contributed by atoms with Crippen LogP contribution in [-0.2, 0) is 19.4 Å². The van der Waals surface area contributed by atoms with E-state index in [-0.39, 0.29) is 4.90 Å². The summed E-state index contributed by atoms with van der Waals surface area (Å²) in [5.41, 5.74) is -0.585. The Balaban J connectivity index is 2.89. The summed E-state index contributed by atoms with van der Waals surface area (Å²) in [6.45, 7) is 6.90. The van der Waals surface area contributed by atoms with Gasteiger partial charge in [0.2, 0.25) is 0 Å². The molecular weight excluding hydrogens is 256 g/mol. The maximum atomic E-state index is 11.8. The highest BCUT2D eigenvalue weighted by molar-refractivity contribution is 7.90. The van der Waals surface area contributed by atoms with Crippen molar-refractivity contribution in [3.63, 3.8) is 0 Å². The molecule has 1 aromatic rings. The van der Waals surface area contributed by atoms with Gasteiger partial charge in [-0.2, -0.15) is 5.10 Å². The number of ether oxygens (including phenoxy) is 1. The van der Waals surface area contributed by atoms with Gasteiger partial charge in [0.25, 0.3) is 0 Å². The quantitative estimate of drug-likeness (QED) is 0.774. The lowest BCUT2D eigenvalue weighted by atomic mass is 10.2. The van der Waals surface area contributed by atoms with Crippen LogP contribution in [0.3, 0.4) is 0 Å². The Morgan fingerprint density at radius 3 is 2.39 bits per heavy atom. The van der Waals surface area contributed by atoms with E-state index in [4.69, 9.17) is 4.74 Å². The van der Waals surface area contributed by atoms with Crippen LogP contribution in [0.1, 0.15) is 33.7 Å². The minimum absolute atomic E-state index is 0.0814. The number of nitrogens with zero attached hydrogens (tertiary/aromatic N) is 2. The molecule has 0 saturated carbocycles. The lowest BCUT2D eigenvalue weighted by molar-refractivity contribution is -0.158. The number of esters is 1. The Kier molecular flexibility index (Phi) is 3.85. The van der Waals surface area contributed by atoms with Crippen LogP contribution in [0.15, 0.2) is 17.3 Å². The van der Waals surface area contributed by atoms with Gasteiger partial charge in [0.1, 0.15) is 16.5 Å². The van der Waals surface area contributed by atoms with Crippen molar-refractivity contribution in [3.8, 4) is 0 Å². The first kappa shape index (κ1) is 14.7. The minimum atomic E-state index is -3.31. The Bertz CT molecular complexity index is 540. The summed E-state index contributed by atoms with van der Waals surface area (Å²) < 4.78 is 29.1. The van der Waals surface area contributed by atoms with Crippen molar-refractivity contribution >= 4 is 15.8 Å². The predicted octanol–water partition coefficient (Wildman–Crippen LogP) is 1.19. The molecule has 1 atom stereocenters. The Morgan fingerprint density at radius 2 is 2.00 bits per heavy atom. The standard InChI is InChI=1S/C11H18N2O4S/c1-8(10(14)17-11(2,3)4)13-7-9(6-12-13)18(5,15)16/h6-8H,1-5H3. The van der Waals surface area contributed by atoms with Gasteiger partial charge in [-0.05, 0) is 27.7 Å². The summed E-state index contributed by atoms with van der Waals surface area (Å²) in [6.07, 6.45) is 3.63. The van der Waals surface area contributed by atoms with E-state index in [1.807, 2.05) is 0 Å². The molecule has 7 heteroatoms. The SMILES string of the molecule is CC(C(=O)OC(C)(C)C)n1cc(S(C)(=O)=O)cn1. The van der Waals surface area contributed by atoms with Gasteiger partial charge in [-0.1, -0.05) is 0 Å². The predicted molar refractivity (Wildman–Crippen MR) is 65.9 cm³/mol. The molecule has 102 valence electrons. The lowest BCUT2D eigenvalue weighted by Crippen LogP contribution is -2.29. The van der Waals surface area contributed by atoms with Crippen LogP contribution in [-0.4, -0.2) is 36.0 Å². The van der Waals surface area contributed by atoms with E-state index in [2.05, 4.69) is 5.10 Å². The number of hydrogen-bond acceptors (Lipinski definition) is 5. The molecule has 0 spiro atoms. The average Bonchev–Trinajstić information content (AvgIpc) is 2.61. The molecule has 1 aromatic heterocycles. The first-order valence-electron chi connectivity index (χ1n) is 5.48. The number of rotatable bonds is 3. The van der Waals surface area contributed by atoms with E-state index in [1.54, 1.807) is 27.7 Å². The summed E-state index contributed by atoms with van der Waals surface area (Å²) in [6, 6.07) is -0.667. The number of sulfone groups is 1. The maximum absolute atomic E-state index is 11.8. The number of hydrogen-bond donors (Lipinski definition) is 0. The van der Waals surface area contributed by atoms with Gasteiger partial charge in [0, 0.05) is 12.5 Å². The topological polar surface area (TPSA) is 78.3 Å². The molecule has 1 heterocycles. The van der Waals surface area contributed by atoms with Crippen LogP contribution in [0, 0.1) is 0 Å². The van der Waals surface area contributed by atoms with Crippen LogP contribution in [0.2, 0.25) is 0 Å². The molecule has 0 aliphatic rings. The zero-order valence-electron chi connectivity index (χ0n) is 11.2. The third-order valence-electron chi connectivity index (χ3n) is 2.15. The van der Waals surface area contributed by atoms with E-state index in [0.29, 0.717) is 0 Å². The van der Waals surface area contributed by atoms with Gasteiger partial charge in [0.15, 0.2) is 9.84 Å². The third kappa shape index (κ3) is 3.83. The molecule has 0 saturated heterocycles. The molecule has 0 amide bonds. The van der Waals surface area contributed by atoms with Gasteiger partial charge in [-0.3, -0.25) is 4.68 Å². The van der Waals surface area contributed by atoms with Crippen LogP contribution in [0.25, 0.3) is 0 Å². The number of carbonyl (C=O) groups excluding carboxylic acids is 1. The van der Waals surface area contributed by atoms with Gasteiger partial charge in [-0.25, -0.2) is 13.2 Å². The van der Waals surface area contributed by atoms with Crippen molar-refractivity contribution in [2.75, 3.05) is 6.26 Å². The van der Waals surface area contributed by atoms with Crippen molar-refractivity contribution in [3.05, 3.63) is 12.4 Å². The van der Waals surface area contributed by atoms with Crippen LogP contribution in [0.4, 0.5) is 0 Å². The highest BCUT2D eigenvalue weighted by Gasteiger charge is 2.24. The van der Waals surface area contributed by atoms with E-state index in [0.717, 1.165) is 6.26 Å². The van der Waals surface area contributed by atoms with Crippen molar-refractivity contribution in [1.82, 2.24) is 9.78 Å². The van der Waals surface area contributed by atoms with Gasteiger partial charge in [-0.15, -0.1) is 0 Å². The van der Waals surface area contributed by atoms with Crippen LogP contribution in [0.5, 0.6) is 0 Å². The molecule has 0 fully saturated rings. The fraction of sp³-hybridized carbons (Fsp3) is 0.636. The Morgan fingerprint density at radius 1 is 1.44 bits per heavy atom. The second kappa shape index (κ2) is 4.72. The zero-order valence-corrected chi connectivity index (χ0v) is 12.0. The second-order valence-electron chi connectivity index (χ2n) is 5.14. The van der Waals surface area contributed by atoms with Gasteiger partial charge >= 0.3 is 5.97 Å². The average molecular weight is 274 g/mol. The monoisotopic (exact) mass is 274 g/mol. The maximum Gasteiger partial charge on any atom is 0.331 e. The number of aromatic nitrogens is 2. The molecule has 0 aliphatic carbocycles. The molecule has 6 nitrogen and oxygen atoms in total. The first-order chi connectivity index (χ1) is 8.00. The summed E-state index contributed by atoms with van der Waals surface area (Å²) in [5.74, 6) is -0.453. The normalized spacial score (nSPS) is 14.3. The Labute approximate surface area is 107 Å². The van der Waals surface area contributed by atoms with Crippen LogP contribution < -0.4 is 0 Å². The molecule has 18 heavy (non-hydrogen) atoms. The van der Waals surface area contributed by atoms with Crippen molar-refractivity contribution < 1.29 is 17.9 Å². The van der Waals surface area contributed by atoms with Gasteiger partial charge < -0.3 is 4.74 Å². The van der Waals surface area contributed by atoms with Gasteiger partial charge in [0.05, 0.1) is 6.20 Å². The summed E-state index contributed by atoms with van der Waals surface area (Å²) in [4.78, 5) is 11.9. The van der Waals surface area contributed by atoms with E-state index >= 15 is 0 Å². The molecule has 1 rings (SSSR count). The van der Waals surface area contributed by atoms with Crippen molar-refractivity contribution in [2.45, 2.75) is 44.2 Å². The smallest absolute Gasteiger partial charge is 0.331 e. The van der Waals surface area contributed by atoms with E-state index in [1.165, 1.54) is 17.1 Å². The van der Waals surface area contributed by atoms with Crippen molar-refractivity contribution in [2.24, 2.45) is 0 Å². The Hall–Kier alpha value is -1.37. The summed E-state index contributed by atoms with van der Waals surface area (Å²) in [7, 11) is -3.31. The molecule has 0 aromatic carbocycles. The van der Waals surface area contributed by atoms with Crippen LogP contribution >= 0.6 is 0 Å². The fourth-order valence-corrected chi connectivity index (χ4v) is 1.76. The summed E-state index contributed by atoms with van der Waals surface area (Å²) >= 11 is 0. The number of carbonyl (C=O) groups is 1. The second-order valence-corrected chi connectivity index (χ2v) is 7.15. The molecule has 0 N–H and O–H groups in total. The zero-order chi connectivity index (χ0) is 14.1. The summed E-state index contributed by atoms with van der Waals surface area (Å²) in [5, 5.41) is 3.87. The first-order valence-corrected chi connectivity index (χ1v) is 7.37.